The van der Waals surface area contributed by atoms with E-state index in [1.165, 1.54) is 5.56 Å². The number of nitrogens with one attached hydrogen (secondary N) is 2. The summed E-state index contributed by atoms with van der Waals surface area (Å²) in [5.41, 5.74) is 4.68. The minimum Gasteiger partial charge on any atom is -0.345 e. The van der Waals surface area contributed by atoms with Gasteiger partial charge in [-0.15, -0.1) is 0 Å². The number of rotatable bonds is 6. The Morgan fingerprint density at radius 2 is 1.48 bits per heavy atom. The molecule has 4 rings (SSSR count). The Morgan fingerprint density at radius 3 is 2.19 bits per heavy atom. The number of nitrogens with zero attached hydrogens (tertiary/aromatic N) is 1. The fourth-order valence-corrected chi connectivity index (χ4v) is 3.63. The van der Waals surface area contributed by atoms with E-state index in [1.807, 2.05) is 79.7 Å². The van der Waals surface area contributed by atoms with Crippen LogP contribution in [-0.2, 0) is 0 Å². The zero-order chi connectivity index (χ0) is 21.8. The molecule has 0 aliphatic rings. The van der Waals surface area contributed by atoms with Gasteiger partial charge in [0.2, 0.25) is 0 Å². The van der Waals surface area contributed by atoms with Crippen molar-refractivity contribution in [1.29, 1.82) is 0 Å². The van der Waals surface area contributed by atoms with Gasteiger partial charge in [0.1, 0.15) is 5.82 Å². The van der Waals surface area contributed by atoms with E-state index in [1.54, 1.807) is 0 Å². The number of para-hydroxylation sites is 1. The number of carbonyl (C=O) groups is 1. The summed E-state index contributed by atoms with van der Waals surface area (Å²) in [6.07, 6.45) is 0. The summed E-state index contributed by atoms with van der Waals surface area (Å²) >= 11 is 0. The molecule has 0 radical (unpaired) electrons. The first-order chi connectivity index (χ1) is 15.0. The smallest absolute Gasteiger partial charge is 0.252 e. The van der Waals surface area contributed by atoms with Gasteiger partial charge in [-0.25, -0.2) is 4.98 Å². The molecular formula is C27H27N3O. The summed E-state index contributed by atoms with van der Waals surface area (Å²) in [6, 6.07) is 27.7. The maximum atomic E-state index is 13.2. The Morgan fingerprint density at radius 1 is 0.806 bits per heavy atom. The maximum Gasteiger partial charge on any atom is 0.252 e. The monoisotopic (exact) mass is 409 g/mol. The number of aromatic nitrogens is 1. The van der Waals surface area contributed by atoms with Crippen LogP contribution in [0.3, 0.4) is 0 Å². The molecule has 1 atom stereocenters. The van der Waals surface area contributed by atoms with Gasteiger partial charge in [-0.1, -0.05) is 74.5 Å². The molecule has 0 unspecified atom stereocenters. The van der Waals surface area contributed by atoms with Crippen LogP contribution in [0.1, 0.15) is 54.2 Å². The first kappa shape index (κ1) is 20.6. The van der Waals surface area contributed by atoms with E-state index in [-0.39, 0.29) is 11.9 Å². The van der Waals surface area contributed by atoms with Crippen molar-refractivity contribution in [3.8, 4) is 0 Å². The number of anilines is 2. The van der Waals surface area contributed by atoms with Crippen LogP contribution < -0.4 is 10.6 Å². The molecule has 0 fully saturated rings. The summed E-state index contributed by atoms with van der Waals surface area (Å²) < 4.78 is 0. The molecule has 1 heterocycles. The molecule has 0 aliphatic heterocycles. The van der Waals surface area contributed by atoms with E-state index in [0.717, 1.165) is 22.2 Å². The standard InChI is InChI=1S/C27H27N3O/c1-18(2)20-13-15-22(16-14-20)29-26-17-24(23-11-7-8-12-25(23)30-26)27(31)28-19(3)21-9-5-4-6-10-21/h4-19H,1-3H3,(H,28,31)(H,29,30)/t19-/m0/s1. The molecule has 0 bridgehead atoms. The molecule has 4 nitrogen and oxygen atoms in total. The highest BCUT2D eigenvalue weighted by Crippen LogP contribution is 2.25. The van der Waals surface area contributed by atoms with Gasteiger partial charge < -0.3 is 10.6 Å². The van der Waals surface area contributed by atoms with E-state index in [9.17, 15) is 4.79 Å². The van der Waals surface area contributed by atoms with Gasteiger partial charge in [0.25, 0.3) is 5.91 Å². The van der Waals surface area contributed by atoms with Crippen molar-refractivity contribution >= 4 is 28.3 Å². The third-order valence-electron chi connectivity index (χ3n) is 5.46. The summed E-state index contributed by atoms with van der Waals surface area (Å²) in [5, 5.41) is 7.31. The molecule has 156 valence electrons. The fraction of sp³-hybridized carbons (Fsp3) is 0.185. The largest absolute Gasteiger partial charge is 0.345 e. The Kier molecular flexibility index (Phi) is 5.99. The van der Waals surface area contributed by atoms with Crippen molar-refractivity contribution in [2.45, 2.75) is 32.7 Å². The summed E-state index contributed by atoms with van der Waals surface area (Å²) in [7, 11) is 0. The molecule has 1 amide bonds. The third-order valence-corrected chi connectivity index (χ3v) is 5.46. The molecule has 4 aromatic rings. The lowest BCUT2D eigenvalue weighted by Crippen LogP contribution is -2.27. The van der Waals surface area contributed by atoms with Crippen LogP contribution in [0.15, 0.2) is 84.9 Å². The summed E-state index contributed by atoms with van der Waals surface area (Å²) in [5.74, 6) is 1.01. The highest BCUT2D eigenvalue weighted by molar-refractivity contribution is 6.07. The zero-order valence-electron chi connectivity index (χ0n) is 18.1. The highest BCUT2D eigenvalue weighted by atomic mass is 16.1. The second-order valence-electron chi connectivity index (χ2n) is 8.08. The minimum atomic E-state index is -0.117. The van der Waals surface area contributed by atoms with Crippen LogP contribution in [0.2, 0.25) is 0 Å². The normalized spacial score (nSPS) is 12.0. The maximum absolute atomic E-state index is 13.2. The van der Waals surface area contributed by atoms with Crippen molar-refractivity contribution in [3.63, 3.8) is 0 Å². The van der Waals surface area contributed by atoms with E-state index in [0.29, 0.717) is 17.3 Å². The molecule has 0 spiro atoms. The third kappa shape index (κ3) is 4.75. The molecule has 0 aliphatic carbocycles. The molecule has 2 N–H and O–H groups in total. The molecule has 0 saturated heterocycles. The number of pyridine rings is 1. The van der Waals surface area contributed by atoms with Crippen LogP contribution in [0.4, 0.5) is 11.5 Å². The van der Waals surface area contributed by atoms with E-state index in [2.05, 4.69) is 36.6 Å². The Hall–Kier alpha value is -3.66. The lowest BCUT2D eigenvalue weighted by Gasteiger charge is -2.16. The van der Waals surface area contributed by atoms with Crippen LogP contribution in [-0.4, -0.2) is 10.9 Å². The number of hydrogen-bond acceptors (Lipinski definition) is 3. The number of carbonyl (C=O) groups excluding carboxylic acids is 1. The predicted octanol–water partition coefficient (Wildman–Crippen LogP) is 6.59. The molecule has 3 aromatic carbocycles. The van der Waals surface area contributed by atoms with Crippen LogP contribution in [0.25, 0.3) is 10.9 Å². The topological polar surface area (TPSA) is 54.0 Å². The van der Waals surface area contributed by atoms with Crippen LogP contribution in [0.5, 0.6) is 0 Å². The van der Waals surface area contributed by atoms with Crippen molar-refractivity contribution in [2.24, 2.45) is 0 Å². The number of benzene rings is 3. The van der Waals surface area contributed by atoms with E-state index in [4.69, 9.17) is 4.98 Å². The molecular weight excluding hydrogens is 382 g/mol. The van der Waals surface area contributed by atoms with Gasteiger partial charge in [-0.2, -0.15) is 0 Å². The number of fused-ring (bicyclic) bond motifs is 1. The Labute approximate surface area is 183 Å². The van der Waals surface area contributed by atoms with Gasteiger partial charge in [-0.05, 0) is 48.2 Å². The second-order valence-corrected chi connectivity index (χ2v) is 8.08. The van der Waals surface area contributed by atoms with Crippen molar-refractivity contribution < 1.29 is 4.79 Å². The molecule has 0 saturated carbocycles. The Balaban J connectivity index is 1.64. The summed E-state index contributed by atoms with van der Waals surface area (Å²) in [4.78, 5) is 17.9. The fourth-order valence-electron chi connectivity index (χ4n) is 3.63. The molecule has 1 aromatic heterocycles. The number of amides is 1. The van der Waals surface area contributed by atoms with Gasteiger partial charge in [0, 0.05) is 11.1 Å². The average Bonchev–Trinajstić information content (AvgIpc) is 2.79. The summed E-state index contributed by atoms with van der Waals surface area (Å²) in [6.45, 7) is 6.34. The zero-order valence-corrected chi connectivity index (χ0v) is 18.1. The highest BCUT2D eigenvalue weighted by Gasteiger charge is 2.16. The molecule has 4 heteroatoms. The number of hydrogen-bond donors (Lipinski definition) is 2. The SMILES string of the molecule is CC(C)c1ccc(Nc2cc(C(=O)N[C@@H](C)c3ccccc3)c3ccccc3n2)cc1. The quantitative estimate of drug-likeness (QED) is 0.377. The van der Waals surface area contributed by atoms with E-state index >= 15 is 0 Å². The van der Waals surface area contributed by atoms with Gasteiger partial charge in [-0.3, -0.25) is 4.79 Å². The van der Waals surface area contributed by atoms with Crippen LogP contribution >= 0.6 is 0 Å². The predicted molar refractivity (Wildman–Crippen MR) is 128 cm³/mol. The van der Waals surface area contributed by atoms with Gasteiger partial charge in [0.15, 0.2) is 0 Å². The van der Waals surface area contributed by atoms with Crippen molar-refractivity contribution in [1.82, 2.24) is 10.3 Å². The molecule has 31 heavy (non-hydrogen) atoms. The van der Waals surface area contributed by atoms with Crippen molar-refractivity contribution in [3.05, 3.63) is 102 Å². The van der Waals surface area contributed by atoms with Crippen molar-refractivity contribution in [2.75, 3.05) is 5.32 Å². The van der Waals surface area contributed by atoms with Gasteiger partial charge >= 0.3 is 0 Å². The lowest BCUT2D eigenvalue weighted by molar-refractivity contribution is 0.0941. The minimum absolute atomic E-state index is 0.0967. The van der Waals surface area contributed by atoms with Gasteiger partial charge in [0.05, 0.1) is 17.1 Å². The first-order valence-corrected chi connectivity index (χ1v) is 10.6. The van der Waals surface area contributed by atoms with E-state index < -0.39 is 0 Å². The average molecular weight is 410 g/mol. The lowest BCUT2D eigenvalue weighted by atomic mass is 10.0. The van der Waals surface area contributed by atoms with Crippen LogP contribution in [0, 0.1) is 0 Å². The Bertz CT molecular complexity index is 1180. The second kappa shape index (κ2) is 9.00. The first-order valence-electron chi connectivity index (χ1n) is 10.6.